The number of fused-ring (bicyclic) bond motifs is 1. The van der Waals surface area contributed by atoms with Gasteiger partial charge < -0.3 is 18.9 Å². The molecule has 2 rings (SSSR count). The molecule has 0 saturated heterocycles. The lowest BCUT2D eigenvalue weighted by Crippen LogP contribution is -2.41. The van der Waals surface area contributed by atoms with Crippen molar-refractivity contribution in [1.29, 1.82) is 0 Å². The highest BCUT2D eigenvalue weighted by Crippen LogP contribution is 2.43. The topological polar surface area (TPSA) is 88.1 Å². The number of carbonyl (C=O) groups is 3. The van der Waals surface area contributed by atoms with E-state index in [1.165, 1.54) is 26.3 Å². The first-order valence-corrected chi connectivity index (χ1v) is 11.4. The second-order valence-corrected chi connectivity index (χ2v) is 8.81. The summed E-state index contributed by atoms with van der Waals surface area (Å²) in [5.41, 5.74) is 3.93. The monoisotopic (exact) mass is 460 g/mol. The van der Waals surface area contributed by atoms with Crippen LogP contribution in [0.25, 0.3) is 0 Å². The maximum atomic E-state index is 11.9. The van der Waals surface area contributed by atoms with Crippen LogP contribution in [0.4, 0.5) is 0 Å². The van der Waals surface area contributed by atoms with Gasteiger partial charge in [-0.1, -0.05) is 29.9 Å². The number of rotatable bonds is 7. The van der Waals surface area contributed by atoms with Gasteiger partial charge in [0.2, 0.25) is 6.29 Å². The van der Waals surface area contributed by atoms with Gasteiger partial charge in [-0.2, -0.15) is 0 Å². The summed E-state index contributed by atoms with van der Waals surface area (Å²) >= 11 is 0. The first-order chi connectivity index (χ1) is 15.6. The van der Waals surface area contributed by atoms with Gasteiger partial charge in [-0.25, -0.2) is 0 Å². The maximum Gasteiger partial charge on any atom is 0.305 e. The van der Waals surface area contributed by atoms with Crippen LogP contribution >= 0.6 is 0 Å². The van der Waals surface area contributed by atoms with Crippen molar-refractivity contribution in [3.8, 4) is 0 Å². The van der Waals surface area contributed by atoms with Crippen LogP contribution in [-0.4, -0.2) is 36.9 Å². The van der Waals surface area contributed by atoms with Crippen molar-refractivity contribution in [2.45, 2.75) is 79.1 Å². The Morgan fingerprint density at radius 2 is 1.88 bits per heavy atom. The molecule has 33 heavy (non-hydrogen) atoms. The van der Waals surface area contributed by atoms with Gasteiger partial charge in [0.1, 0.15) is 12.7 Å². The van der Waals surface area contributed by atoms with Crippen LogP contribution in [0.5, 0.6) is 0 Å². The predicted molar refractivity (Wildman–Crippen MR) is 124 cm³/mol. The third-order valence-electron chi connectivity index (χ3n) is 5.92. The van der Waals surface area contributed by atoms with Crippen molar-refractivity contribution in [3.63, 3.8) is 0 Å². The van der Waals surface area contributed by atoms with E-state index in [1.807, 2.05) is 13.0 Å². The van der Waals surface area contributed by atoms with E-state index in [-0.39, 0.29) is 24.4 Å². The molecule has 1 aliphatic heterocycles. The molecule has 7 nitrogen and oxygen atoms in total. The number of hydrogen-bond acceptors (Lipinski definition) is 7. The van der Waals surface area contributed by atoms with Crippen LogP contribution in [0.3, 0.4) is 0 Å². The normalized spacial score (nSPS) is 26.0. The quantitative estimate of drug-likeness (QED) is 0.302. The van der Waals surface area contributed by atoms with Gasteiger partial charge in [0.25, 0.3) is 0 Å². The Morgan fingerprint density at radius 3 is 2.52 bits per heavy atom. The Morgan fingerprint density at radius 1 is 1.15 bits per heavy atom. The van der Waals surface area contributed by atoms with Crippen LogP contribution in [0.1, 0.15) is 66.7 Å². The van der Waals surface area contributed by atoms with Crippen LogP contribution < -0.4 is 0 Å². The molecule has 0 saturated carbocycles. The van der Waals surface area contributed by atoms with Crippen LogP contribution in [0.2, 0.25) is 0 Å². The Balaban J connectivity index is 2.39. The Hall–Kier alpha value is -2.83. The molecule has 1 unspecified atom stereocenters. The summed E-state index contributed by atoms with van der Waals surface area (Å²) in [4.78, 5) is 34.8. The molecule has 0 aromatic rings. The third kappa shape index (κ3) is 8.22. The van der Waals surface area contributed by atoms with Crippen molar-refractivity contribution in [2.75, 3.05) is 6.61 Å². The van der Waals surface area contributed by atoms with Crippen molar-refractivity contribution in [1.82, 2.24) is 0 Å². The summed E-state index contributed by atoms with van der Waals surface area (Å²) in [6.45, 7) is 12.5. The molecule has 7 heteroatoms. The molecule has 1 heterocycles. The van der Waals surface area contributed by atoms with Gasteiger partial charge in [0.05, 0.1) is 12.2 Å². The number of hydrogen-bond donors (Lipinski definition) is 0. The lowest BCUT2D eigenvalue weighted by atomic mass is 9.74. The molecule has 1 aliphatic carbocycles. The van der Waals surface area contributed by atoms with Crippen LogP contribution in [-0.2, 0) is 33.3 Å². The smallest absolute Gasteiger partial charge is 0.305 e. The van der Waals surface area contributed by atoms with E-state index < -0.39 is 24.3 Å². The third-order valence-corrected chi connectivity index (χ3v) is 5.92. The Kier molecular flexibility index (Phi) is 9.95. The molecule has 182 valence electrons. The minimum atomic E-state index is -0.763. The number of carbonyl (C=O) groups excluding carboxylic acids is 3. The maximum absolute atomic E-state index is 11.9. The largest absolute Gasteiger partial charge is 0.462 e. The van der Waals surface area contributed by atoms with Crippen molar-refractivity contribution in [3.05, 3.63) is 47.3 Å². The standard InChI is InChI=1S/C26H36O7/c1-16-8-7-9-18(3)25-22(12-10-16)23(15-31-26(25)33-21(6)29)24(32-20(5)28)13-11-17(2)14-30-19(4)27/h8,11,15,22,24-26H,3,7,9-10,12-14H2,1-2,4-6H3/b16-8+,17-11+/t22-,24?,25+,26-/m1/s1. The summed E-state index contributed by atoms with van der Waals surface area (Å²) in [6.07, 6.45) is 8.07. The molecule has 0 fully saturated rings. The average Bonchev–Trinajstić information content (AvgIpc) is 2.79. The molecule has 0 radical (unpaired) electrons. The zero-order chi connectivity index (χ0) is 24.5. The highest BCUT2D eigenvalue weighted by molar-refractivity contribution is 5.67. The minimum Gasteiger partial charge on any atom is -0.462 e. The number of esters is 3. The molecule has 0 aromatic carbocycles. The van der Waals surface area contributed by atoms with Gasteiger partial charge in [-0.05, 0) is 45.1 Å². The molecule has 0 aromatic heterocycles. The van der Waals surface area contributed by atoms with E-state index >= 15 is 0 Å². The number of ether oxygens (including phenoxy) is 4. The van der Waals surface area contributed by atoms with E-state index in [0.717, 1.165) is 42.4 Å². The molecule has 0 amide bonds. The van der Waals surface area contributed by atoms with Crippen molar-refractivity contribution in [2.24, 2.45) is 11.8 Å². The zero-order valence-corrected chi connectivity index (χ0v) is 20.3. The molecular weight excluding hydrogens is 424 g/mol. The van der Waals surface area contributed by atoms with Gasteiger partial charge in [0, 0.05) is 38.7 Å². The van der Waals surface area contributed by atoms with Crippen LogP contribution in [0, 0.1) is 11.8 Å². The highest BCUT2D eigenvalue weighted by atomic mass is 16.7. The van der Waals surface area contributed by atoms with Crippen molar-refractivity contribution < 1.29 is 33.3 Å². The fourth-order valence-corrected chi connectivity index (χ4v) is 4.31. The van der Waals surface area contributed by atoms with Gasteiger partial charge in [0.15, 0.2) is 0 Å². The fraction of sp³-hybridized carbons (Fsp3) is 0.577. The average molecular weight is 461 g/mol. The van der Waals surface area contributed by atoms with Gasteiger partial charge in [-0.3, -0.25) is 14.4 Å². The minimum absolute atomic E-state index is 0.0661. The molecule has 4 atom stereocenters. The molecular formula is C26H36O7. The lowest BCUT2D eigenvalue weighted by molar-refractivity contribution is -0.181. The first kappa shape index (κ1) is 26.4. The van der Waals surface area contributed by atoms with E-state index in [1.54, 1.807) is 6.26 Å². The summed E-state index contributed by atoms with van der Waals surface area (Å²) in [6, 6.07) is 0. The summed E-state index contributed by atoms with van der Waals surface area (Å²) in [5, 5.41) is 0. The second-order valence-electron chi connectivity index (χ2n) is 8.81. The highest BCUT2D eigenvalue weighted by Gasteiger charge is 2.42. The zero-order valence-electron chi connectivity index (χ0n) is 20.3. The first-order valence-electron chi connectivity index (χ1n) is 11.4. The van der Waals surface area contributed by atoms with Crippen molar-refractivity contribution >= 4 is 17.9 Å². The summed E-state index contributed by atoms with van der Waals surface area (Å²) in [5.74, 6) is -1.47. The van der Waals surface area contributed by atoms with E-state index in [9.17, 15) is 14.4 Å². The van der Waals surface area contributed by atoms with E-state index in [0.29, 0.717) is 6.42 Å². The summed E-state index contributed by atoms with van der Waals surface area (Å²) in [7, 11) is 0. The summed E-state index contributed by atoms with van der Waals surface area (Å²) < 4.78 is 22.1. The van der Waals surface area contributed by atoms with E-state index in [2.05, 4.69) is 19.6 Å². The fourth-order valence-electron chi connectivity index (χ4n) is 4.31. The Labute approximate surface area is 196 Å². The van der Waals surface area contributed by atoms with Crippen LogP contribution in [0.15, 0.2) is 47.3 Å². The lowest BCUT2D eigenvalue weighted by Gasteiger charge is -2.40. The second kappa shape index (κ2) is 12.4. The molecule has 2 aliphatic rings. The van der Waals surface area contributed by atoms with Gasteiger partial charge >= 0.3 is 17.9 Å². The van der Waals surface area contributed by atoms with Gasteiger partial charge in [-0.15, -0.1) is 0 Å². The molecule has 0 spiro atoms. The molecule has 0 bridgehead atoms. The number of allylic oxidation sites excluding steroid dienone is 2. The SMILES string of the molecule is C=C1CC/C=C(\C)CC[C@@H]2C(C(C/C=C(\C)COC(C)=O)OC(C)=O)=CO[C@H](OC(C)=O)[C@@H]12. The Bertz CT molecular complexity index is 849. The van der Waals surface area contributed by atoms with E-state index in [4.69, 9.17) is 18.9 Å². The molecule has 0 N–H and O–H groups in total. The predicted octanol–water partition coefficient (Wildman–Crippen LogP) is 4.93.